The van der Waals surface area contributed by atoms with E-state index in [1.165, 1.54) is 5.56 Å². The van der Waals surface area contributed by atoms with E-state index in [-0.39, 0.29) is 18.2 Å². The SMILES string of the molecule is COC1CCN(C(=O)Nc2ccc(C)cc2)C(CN)C1. The van der Waals surface area contributed by atoms with Crippen LogP contribution in [-0.2, 0) is 4.74 Å². The smallest absolute Gasteiger partial charge is 0.322 e. The van der Waals surface area contributed by atoms with Crippen LogP contribution in [0.2, 0.25) is 0 Å². The van der Waals surface area contributed by atoms with Gasteiger partial charge in [0.2, 0.25) is 0 Å². The molecule has 1 aliphatic rings. The molecule has 2 rings (SSSR count). The van der Waals surface area contributed by atoms with Crippen LogP contribution in [0.5, 0.6) is 0 Å². The molecule has 0 bridgehead atoms. The molecule has 3 N–H and O–H groups in total. The molecule has 0 aliphatic carbocycles. The van der Waals surface area contributed by atoms with Crippen LogP contribution in [0.25, 0.3) is 0 Å². The van der Waals surface area contributed by atoms with Gasteiger partial charge >= 0.3 is 6.03 Å². The van der Waals surface area contributed by atoms with Gasteiger partial charge in [0.05, 0.1) is 6.10 Å². The van der Waals surface area contributed by atoms with E-state index in [1.807, 2.05) is 36.1 Å². The van der Waals surface area contributed by atoms with Crippen LogP contribution in [0.3, 0.4) is 0 Å². The first-order valence-corrected chi connectivity index (χ1v) is 7.01. The fourth-order valence-corrected chi connectivity index (χ4v) is 2.55. The number of likely N-dealkylation sites (tertiary alicyclic amines) is 1. The fraction of sp³-hybridized carbons (Fsp3) is 0.533. The first kappa shape index (κ1) is 14.8. The van der Waals surface area contributed by atoms with Crippen molar-refractivity contribution in [1.82, 2.24) is 4.90 Å². The first-order chi connectivity index (χ1) is 9.63. The van der Waals surface area contributed by atoms with Gasteiger partial charge in [-0.15, -0.1) is 0 Å². The number of carbonyl (C=O) groups excluding carboxylic acids is 1. The van der Waals surface area contributed by atoms with E-state index in [1.54, 1.807) is 7.11 Å². The summed E-state index contributed by atoms with van der Waals surface area (Å²) in [7, 11) is 1.71. The predicted octanol–water partition coefficient (Wildman–Crippen LogP) is 1.97. The number of urea groups is 1. The number of aryl methyl sites for hydroxylation is 1. The third kappa shape index (κ3) is 3.49. The zero-order chi connectivity index (χ0) is 14.5. The Morgan fingerprint density at radius 2 is 2.15 bits per heavy atom. The van der Waals surface area contributed by atoms with Crippen molar-refractivity contribution in [3.63, 3.8) is 0 Å². The Morgan fingerprint density at radius 1 is 1.45 bits per heavy atom. The zero-order valence-electron chi connectivity index (χ0n) is 12.1. The lowest BCUT2D eigenvalue weighted by molar-refractivity contribution is 0.0292. The van der Waals surface area contributed by atoms with Crippen molar-refractivity contribution < 1.29 is 9.53 Å². The summed E-state index contributed by atoms with van der Waals surface area (Å²) in [6.07, 6.45) is 1.86. The number of nitrogens with zero attached hydrogens (tertiary/aromatic N) is 1. The molecule has 0 spiro atoms. The average Bonchev–Trinajstić information content (AvgIpc) is 2.48. The van der Waals surface area contributed by atoms with E-state index < -0.39 is 0 Å². The molecular formula is C15H23N3O2. The molecule has 1 saturated heterocycles. The van der Waals surface area contributed by atoms with Gasteiger partial charge in [-0.2, -0.15) is 0 Å². The van der Waals surface area contributed by atoms with Crippen molar-refractivity contribution >= 4 is 11.7 Å². The summed E-state index contributed by atoms with van der Waals surface area (Å²) in [5.41, 5.74) is 7.76. The largest absolute Gasteiger partial charge is 0.381 e. The Balaban J connectivity index is 1.99. The Kier molecular flexibility index (Phi) is 4.98. The molecule has 0 saturated carbocycles. The molecule has 1 aliphatic heterocycles. The first-order valence-electron chi connectivity index (χ1n) is 7.01. The predicted molar refractivity (Wildman–Crippen MR) is 79.8 cm³/mol. The summed E-state index contributed by atoms with van der Waals surface area (Å²) in [5, 5.41) is 2.93. The second-order valence-corrected chi connectivity index (χ2v) is 5.26. The van der Waals surface area contributed by atoms with Crippen molar-refractivity contribution in [2.45, 2.75) is 31.9 Å². The standard InChI is InChI=1S/C15H23N3O2/c1-11-3-5-12(6-4-11)17-15(19)18-8-7-14(20-2)9-13(18)10-16/h3-6,13-14H,7-10,16H2,1-2H3,(H,17,19). The minimum Gasteiger partial charge on any atom is -0.381 e. The highest BCUT2D eigenvalue weighted by Crippen LogP contribution is 2.20. The van der Waals surface area contributed by atoms with Crippen LogP contribution < -0.4 is 11.1 Å². The average molecular weight is 277 g/mol. The van der Waals surface area contributed by atoms with Crippen LogP contribution in [-0.4, -0.2) is 43.3 Å². The number of benzene rings is 1. The number of nitrogens with one attached hydrogen (secondary N) is 1. The molecule has 1 heterocycles. The summed E-state index contributed by atoms with van der Waals surface area (Å²) in [6, 6.07) is 7.73. The lowest BCUT2D eigenvalue weighted by Gasteiger charge is -2.38. The Hall–Kier alpha value is -1.59. The van der Waals surface area contributed by atoms with Crippen LogP contribution in [0.1, 0.15) is 18.4 Å². The van der Waals surface area contributed by atoms with Crippen molar-refractivity contribution in [1.29, 1.82) is 0 Å². The zero-order valence-corrected chi connectivity index (χ0v) is 12.1. The van der Waals surface area contributed by atoms with Gasteiger partial charge in [0.1, 0.15) is 0 Å². The maximum Gasteiger partial charge on any atom is 0.322 e. The molecule has 1 fully saturated rings. The van der Waals surface area contributed by atoms with Crippen molar-refractivity contribution in [2.24, 2.45) is 5.73 Å². The van der Waals surface area contributed by atoms with E-state index in [2.05, 4.69) is 5.32 Å². The molecule has 2 unspecified atom stereocenters. The molecule has 20 heavy (non-hydrogen) atoms. The monoisotopic (exact) mass is 277 g/mol. The minimum absolute atomic E-state index is 0.0409. The molecule has 0 aromatic heterocycles. The maximum absolute atomic E-state index is 12.3. The van der Waals surface area contributed by atoms with Crippen molar-refractivity contribution in [3.05, 3.63) is 29.8 Å². The highest BCUT2D eigenvalue weighted by Gasteiger charge is 2.30. The summed E-state index contributed by atoms with van der Waals surface area (Å²) < 4.78 is 5.37. The number of rotatable bonds is 3. The minimum atomic E-state index is -0.0844. The van der Waals surface area contributed by atoms with Crippen LogP contribution in [0, 0.1) is 6.92 Å². The van der Waals surface area contributed by atoms with Crippen LogP contribution in [0.15, 0.2) is 24.3 Å². The molecule has 5 nitrogen and oxygen atoms in total. The summed E-state index contributed by atoms with van der Waals surface area (Å²) in [5.74, 6) is 0. The van der Waals surface area contributed by atoms with E-state index in [0.717, 1.165) is 18.5 Å². The molecule has 110 valence electrons. The number of piperidine rings is 1. The second kappa shape index (κ2) is 6.72. The lowest BCUT2D eigenvalue weighted by atomic mass is 10.00. The Morgan fingerprint density at radius 3 is 2.75 bits per heavy atom. The van der Waals surface area contributed by atoms with Crippen LogP contribution in [0.4, 0.5) is 10.5 Å². The van der Waals surface area contributed by atoms with Crippen LogP contribution >= 0.6 is 0 Å². The van der Waals surface area contributed by atoms with Gasteiger partial charge in [0.25, 0.3) is 0 Å². The van der Waals surface area contributed by atoms with E-state index in [9.17, 15) is 4.79 Å². The number of hydrogen-bond donors (Lipinski definition) is 2. The lowest BCUT2D eigenvalue weighted by Crippen LogP contribution is -2.52. The van der Waals surface area contributed by atoms with Gasteiger partial charge in [0, 0.05) is 31.9 Å². The third-order valence-corrected chi connectivity index (χ3v) is 3.84. The number of nitrogens with two attached hydrogens (primary N) is 1. The molecule has 2 atom stereocenters. The number of anilines is 1. The van der Waals surface area contributed by atoms with Gasteiger partial charge in [-0.25, -0.2) is 4.79 Å². The van der Waals surface area contributed by atoms with Gasteiger partial charge in [0.15, 0.2) is 0 Å². The number of amides is 2. The van der Waals surface area contributed by atoms with Crippen molar-refractivity contribution in [2.75, 3.05) is 25.5 Å². The Labute approximate surface area is 120 Å². The number of hydrogen-bond acceptors (Lipinski definition) is 3. The maximum atomic E-state index is 12.3. The molecule has 1 aromatic carbocycles. The number of carbonyl (C=O) groups is 1. The summed E-state index contributed by atoms with van der Waals surface area (Å²) >= 11 is 0. The molecule has 2 amide bonds. The van der Waals surface area contributed by atoms with Gasteiger partial charge in [-0.3, -0.25) is 0 Å². The second-order valence-electron chi connectivity index (χ2n) is 5.26. The Bertz CT molecular complexity index is 447. The summed E-state index contributed by atoms with van der Waals surface area (Å²) in [6.45, 7) is 3.16. The number of methoxy groups -OCH3 is 1. The van der Waals surface area contributed by atoms with Gasteiger partial charge in [-0.1, -0.05) is 17.7 Å². The quantitative estimate of drug-likeness (QED) is 0.887. The summed E-state index contributed by atoms with van der Waals surface area (Å²) in [4.78, 5) is 14.2. The third-order valence-electron chi connectivity index (χ3n) is 3.84. The molecule has 0 radical (unpaired) electrons. The van der Waals surface area contributed by atoms with E-state index in [0.29, 0.717) is 13.1 Å². The molecule has 1 aromatic rings. The normalized spacial score (nSPS) is 22.6. The topological polar surface area (TPSA) is 67.6 Å². The van der Waals surface area contributed by atoms with E-state index >= 15 is 0 Å². The highest BCUT2D eigenvalue weighted by molar-refractivity contribution is 5.89. The fourth-order valence-electron chi connectivity index (χ4n) is 2.55. The van der Waals surface area contributed by atoms with Gasteiger partial charge < -0.3 is 20.7 Å². The van der Waals surface area contributed by atoms with E-state index in [4.69, 9.17) is 10.5 Å². The van der Waals surface area contributed by atoms with Crippen molar-refractivity contribution in [3.8, 4) is 0 Å². The molecular weight excluding hydrogens is 254 g/mol. The highest BCUT2D eigenvalue weighted by atomic mass is 16.5. The molecule has 5 heteroatoms. The number of ether oxygens (including phenoxy) is 1. The van der Waals surface area contributed by atoms with Gasteiger partial charge in [-0.05, 0) is 31.9 Å².